The van der Waals surface area contributed by atoms with Gasteiger partial charge >= 0.3 is 6.03 Å². The summed E-state index contributed by atoms with van der Waals surface area (Å²) < 4.78 is 1.72. The van der Waals surface area contributed by atoms with Gasteiger partial charge in [-0.15, -0.1) is 0 Å². The highest BCUT2D eigenvalue weighted by Crippen LogP contribution is 2.25. The third-order valence-corrected chi connectivity index (χ3v) is 4.72. The summed E-state index contributed by atoms with van der Waals surface area (Å²) in [5, 5.41) is 6.49. The molecule has 7 nitrogen and oxygen atoms in total. The number of amides is 2. The van der Waals surface area contributed by atoms with Crippen LogP contribution in [0.25, 0.3) is 16.6 Å². The molecule has 4 heterocycles. The number of nitrogens with zero attached hydrogens (tertiary/aromatic N) is 2. The number of carbonyl (C=O) groups is 2. The van der Waals surface area contributed by atoms with Crippen molar-refractivity contribution in [1.29, 1.82) is 0 Å². The number of Topliss-reactive ketones (excluding diaryl/α,β-unsaturated/α-hetero) is 1. The maximum Gasteiger partial charge on any atom is 0.321 e. The summed E-state index contributed by atoms with van der Waals surface area (Å²) in [4.78, 5) is 33.0. The van der Waals surface area contributed by atoms with E-state index in [0.29, 0.717) is 23.6 Å². The van der Waals surface area contributed by atoms with Crippen LogP contribution in [0, 0.1) is 0 Å². The highest BCUT2D eigenvalue weighted by Gasteiger charge is 2.32. The molecule has 3 N–H and O–H groups in total. The first-order valence-electron chi connectivity index (χ1n) is 8.34. The summed E-state index contributed by atoms with van der Waals surface area (Å²) in [6.45, 7) is 0. The molecule has 0 saturated heterocycles. The van der Waals surface area contributed by atoms with E-state index in [2.05, 4.69) is 20.6 Å². The molecule has 0 aliphatic carbocycles. The Balaban J connectivity index is 1.59. The Hall–Kier alpha value is -3.61. The lowest BCUT2D eigenvalue weighted by Crippen LogP contribution is -2.42. The van der Waals surface area contributed by atoms with Crippen LogP contribution in [-0.2, 0) is 6.42 Å². The molecule has 0 saturated carbocycles. The zero-order valence-electron chi connectivity index (χ0n) is 13.7. The molecule has 0 radical (unpaired) electrons. The highest BCUT2D eigenvalue weighted by atomic mass is 16.2. The molecular formula is C19H15N5O2. The van der Waals surface area contributed by atoms with Crippen LogP contribution in [0.15, 0.2) is 54.9 Å². The minimum absolute atomic E-state index is 0.165. The zero-order valence-corrected chi connectivity index (χ0v) is 13.7. The van der Waals surface area contributed by atoms with Crippen molar-refractivity contribution < 1.29 is 9.59 Å². The fourth-order valence-corrected chi connectivity index (χ4v) is 3.52. The molecule has 1 aromatic carbocycles. The summed E-state index contributed by atoms with van der Waals surface area (Å²) in [6, 6.07) is 12.3. The normalized spacial score (nSPS) is 17.0. The van der Waals surface area contributed by atoms with Crippen molar-refractivity contribution in [3.8, 4) is 0 Å². The summed E-state index contributed by atoms with van der Waals surface area (Å²) in [5.41, 5.74) is 3.00. The van der Waals surface area contributed by atoms with Gasteiger partial charge in [0, 0.05) is 29.7 Å². The number of ketones is 1. The quantitative estimate of drug-likeness (QED) is 0.522. The van der Waals surface area contributed by atoms with Crippen LogP contribution in [0.2, 0.25) is 0 Å². The number of H-pyrrole nitrogens is 1. The maximum atomic E-state index is 13.2. The number of fused-ring (bicyclic) bond motifs is 4. The van der Waals surface area contributed by atoms with Crippen LogP contribution in [0.4, 0.5) is 10.6 Å². The standard InChI is InChI=1S/C19H15N5O2/c25-17-14(9-11-10-20-13-6-2-1-5-12(11)13)21-19(26)23-18-16(17)24-8-4-3-7-15(24)22-18/h1-8,10,14,20H,9H2,(H2,21,23,26)/t14-/m0/s1. The molecule has 3 aromatic heterocycles. The third kappa shape index (κ3) is 2.17. The largest absolute Gasteiger partial charge is 0.361 e. The number of aromatic nitrogens is 3. The molecule has 128 valence electrons. The zero-order chi connectivity index (χ0) is 17.7. The van der Waals surface area contributed by atoms with Gasteiger partial charge in [0.25, 0.3) is 0 Å². The summed E-state index contributed by atoms with van der Waals surface area (Å²) in [5.74, 6) is 0.127. The van der Waals surface area contributed by atoms with Crippen molar-refractivity contribution in [1.82, 2.24) is 19.7 Å². The number of carbonyl (C=O) groups excluding carboxylic acids is 2. The van der Waals surface area contributed by atoms with Gasteiger partial charge in [-0.2, -0.15) is 0 Å². The average molecular weight is 345 g/mol. The number of imidazole rings is 1. The molecule has 2 amide bonds. The monoisotopic (exact) mass is 345 g/mol. The molecular weight excluding hydrogens is 330 g/mol. The van der Waals surface area contributed by atoms with Gasteiger partial charge in [0.15, 0.2) is 5.82 Å². The molecule has 4 aromatic rings. The molecule has 1 atom stereocenters. The first kappa shape index (κ1) is 14.7. The van der Waals surface area contributed by atoms with Crippen molar-refractivity contribution in [2.24, 2.45) is 0 Å². The molecule has 7 heteroatoms. The van der Waals surface area contributed by atoms with Crippen molar-refractivity contribution in [3.63, 3.8) is 0 Å². The number of para-hydroxylation sites is 1. The minimum atomic E-state index is -0.671. The third-order valence-electron chi connectivity index (χ3n) is 4.72. The number of nitrogens with one attached hydrogen (secondary N) is 3. The number of rotatable bonds is 2. The predicted molar refractivity (Wildman–Crippen MR) is 97.5 cm³/mol. The number of pyridine rings is 1. The lowest BCUT2D eigenvalue weighted by molar-refractivity contribution is 0.0944. The van der Waals surface area contributed by atoms with Crippen LogP contribution < -0.4 is 10.6 Å². The Morgan fingerprint density at radius 1 is 1.08 bits per heavy atom. The van der Waals surface area contributed by atoms with E-state index >= 15 is 0 Å². The molecule has 0 fully saturated rings. The molecule has 0 spiro atoms. The Labute approximate surface area is 148 Å². The van der Waals surface area contributed by atoms with E-state index in [1.165, 1.54) is 0 Å². The van der Waals surface area contributed by atoms with Crippen LogP contribution in [-0.4, -0.2) is 32.2 Å². The van der Waals surface area contributed by atoms with Gasteiger partial charge in [0.05, 0.1) is 6.04 Å². The van der Waals surface area contributed by atoms with Gasteiger partial charge in [0.1, 0.15) is 11.3 Å². The van der Waals surface area contributed by atoms with E-state index in [-0.39, 0.29) is 5.78 Å². The van der Waals surface area contributed by atoms with Gasteiger partial charge < -0.3 is 10.3 Å². The van der Waals surface area contributed by atoms with Crippen molar-refractivity contribution in [2.45, 2.75) is 12.5 Å². The van der Waals surface area contributed by atoms with Crippen molar-refractivity contribution in [2.75, 3.05) is 5.32 Å². The van der Waals surface area contributed by atoms with E-state index < -0.39 is 12.1 Å². The van der Waals surface area contributed by atoms with Crippen LogP contribution in [0.3, 0.4) is 0 Å². The predicted octanol–water partition coefficient (Wildman–Crippen LogP) is 2.74. The first-order chi connectivity index (χ1) is 12.7. The Kier molecular flexibility index (Phi) is 3.08. The molecule has 0 bridgehead atoms. The van der Waals surface area contributed by atoms with Gasteiger partial charge in [-0.3, -0.25) is 14.5 Å². The Morgan fingerprint density at radius 2 is 1.92 bits per heavy atom. The second kappa shape index (κ2) is 5.45. The molecule has 0 unspecified atom stereocenters. The van der Waals surface area contributed by atoms with E-state index in [0.717, 1.165) is 16.5 Å². The number of urea groups is 1. The lowest BCUT2D eigenvalue weighted by atomic mass is 10.0. The Bertz CT molecular complexity index is 1170. The van der Waals surface area contributed by atoms with Crippen molar-refractivity contribution in [3.05, 3.63) is 66.1 Å². The second-order valence-corrected chi connectivity index (χ2v) is 6.32. The summed E-state index contributed by atoms with van der Waals surface area (Å²) >= 11 is 0. The number of aromatic amines is 1. The summed E-state index contributed by atoms with van der Waals surface area (Å²) in [7, 11) is 0. The van der Waals surface area contributed by atoms with E-state index in [1.54, 1.807) is 16.7 Å². The van der Waals surface area contributed by atoms with E-state index in [4.69, 9.17) is 0 Å². The molecule has 5 rings (SSSR count). The van der Waals surface area contributed by atoms with Gasteiger partial charge in [0.2, 0.25) is 5.78 Å². The van der Waals surface area contributed by atoms with Crippen LogP contribution in [0.1, 0.15) is 16.1 Å². The second-order valence-electron chi connectivity index (χ2n) is 6.32. The summed E-state index contributed by atoms with van der Waals surface area (Å²) in [6.07, 6.45) is 4.06. The first-order valence-corrected chi connectivity index (χ1v) is 8.34. The smallest absolute Gasteiger partial charge is 0.321 e. The number of anilines is 1. The Morgan fingerprint density at radius 3 is 2.85 bits per heavy atom. The SMILES string of the molecule is O=C1Nc2nc3ccccn3c2C(=O)[C@H](Cc2c[nH]c3ccccc23)N1. The minimum Gasteiger partial charge on any atom is -0.361 e. The maximum absolute atomic E-state index is 13.2. The number of hydrogen-bond acceptors (Lipinski definition) is 3. The number of hydrogen-bond donors (Lipinski definition) is 3. The van der Waals surface area contributed by atoms with Gasteiger partial charge in [-0.05, 0) is 23.8 Å². The topological polar surface area (TPSA) is 91.3 Å². The van der Waals surface area contributed by atoms with Crippen molar-refractivity contribution >= 4 is 34.2 Å². The van der Waals surface area contributed by atoms with E-state index in [1.807, 2.05) is 42.6 Å². The fourth-order valence-electron chi connectivity index (χ4n) is 3.52. The van der Waals surface area contributed by atoms with Crippen LogP contribution >= 0.6 is 0 Å². The molecule has 1 aliphatic rings. The highest BCUT2D eigenvalue weighted by molar-refractivity contribution is 6.10. The fraction of sp³-hybridized carbons (Fsp3) is 0.105. The average Bonchev–Trinajstić information content (AvgIpc) is 3.18. The van der Waals surface area contributed by atoms with Gasteiger partial charge in [-0.25, -0.2) is 9.78 Å². The van der Waals surface area contributed by atoms with Gasteiger partial charge in [-0.1, -0.05) is 24.3 Å². The molecule has 1 aliphatic heterocycles. The van der Waals surface area contributed by atoms with Crippen LogP contribution in [0.5, 0.6) is 0 Å². The lowest BCUT2D eigenvalue weighted by Gasteiger charge is -2.14. The van der Waals surface area contributed by atoms with E-state index in [9.17, 15) is 9.59 Å². The number of benzene rings is 1. The molecule has 26 heavy (non-hydrogen) atoms.